The van der Waals surface area contributed by atoms with Gasteiger partial charge >= 0.3 is 0 Å². The number of hydrogen-bond donors (Lipinski definition) is 1. The maximum Gasteiger partial charge on any atom is 0.260 e. The Morgan fingerprint density at radius 1 is 1.04 bits per heavy atom. The SMILES string of the molecule is CCc1ccccc1OCC(=O)N1CCN(c2ccc(O)cc2)CC1. The van der Waals surface area contributed by atoms with Gasteiger partial charge in [0, 0.05) is 31.9 Å². The summed E-state index contributed by atoms with van der Waals surface area (Å²) >= 11 is 0. The first kappa shape index (κ1) is 17.1. The molecule has 1 aliphatic rings. The van der Waals surface area contributed by atoms with Crippen molar-refractivity contribution in [3.05, 3.63) is 54.1 Å². The summed E-state index contributed by atoms with van der Waals surface area (Å²) < 4.78 is 5.74. The molecular weight excluding hydrogens is 316 g/mol. The lowest BCUT2D eigenvalue weighted by Gasteiger charge is -2.36. The molecule has 25 heavy (non-hydrogen) atoms. The number of aromatic hydroxyl groups is 1. The summed E-state index contributed by atoms with van der Waals surface area (Å²) in [6.07, 6.45) is 0.885. The van der Waals surface area contributed by atoms with Gasteiger partial charge in [-0.05, 0) is 42.3 Å². The van der Waals surface area contributed by atoms with Gasteiger partial charge in [-0.2, -0.15) is 0 Å². The largest absolute Gasteiger partial charge is 0.508 e. The lowest BCUT2D eigenvalue weighted by atomic mass is 10.1. The van der Waals surface area contributed by atoms with Crippen molar-refractivity contribution in [3.63, 3.8) is 0 Å². The van der Waals surface area contributed by atoms with Crippen LogP contribution in [0.15, 0.2) is 48.5 Å². The summed E-state index contributed by atoms with van der Waals surface area (Å²) in [7, 11) is 0. The Balaban J connectivity index is 1.50. The smallest absolute Gasteiger partial charge is 0.260 e. The molecule has 1 fully saturated rings. The van der Waals surface area contributed by atoms with E-state index < -0.39 is 0 Å². The molecule has 0 atom stereocenters. The van der Waals surface area contributed by atoms with Crippen LogP contribution >= 0.6 is 0 Å². The molecule has 1 aliphatic heterocycles. The van der Waals surface area contributed by atoms with Gasteiger partial charge in [0.2, 0.25) is 0 Å². The zero-order valence-corrected chi connectivity index (χ0v) is 14.5. The molecule has 1 saturated heterocycles. The van der Waals surface area contributed by atoms with Crippen LogP contribution in [0.5, 0.6) is 11.5 Å². The molecule has 0 spiro atoms. The number of carbonyl (C=O) groups excluding carboxylic acids is 1. The second-order valence-corrected chi connectivity index (χ2v) is 6.13. The zero-order chi connectivity index (χ0) is 17.6. The van der Waals surface area contributed by atoms with E-state index in [1.165, 1.54) is 0 Å². The molecule has 0 aromatic heterocycles. The molecule has 132 valence electrons. The van der Waals surface area contributed by atoms with Crippen LogP contribution in [-0.2, 0) is 11.2 Å². The third-order valence-corrected chi connectivity index (χ3v) is 4.55. The van der Waals surface area contributed by atoms with Gasteiger partial charge in [-0.25, -0.2) is 0 Å². The molecule has 2 aromatic carbocycles. The Kier molecular flexibility index (Phi) is 5.43. The third-order valence-electron chi connectivity index (χ3n) is 4.55. The van der Waals surface area contributed by atoms with E-state index in [0.717, 1.165) is 36.5 Å². The maximum atomic E-state index is 12.4. The fraction of sp³-hybridized carbons (Fsp3) is 0.350. The monoisotopic (exact) mass is 340 g/mol. The molecule has 0 saturated carbocycles. The van der Waals surface area contributed by atoms with Crippen LogP contribution in [0.3, 0.4) is 0 Å². The van der Waals surface area contributed by atoms with Gasteiger partial charge in [-0.1, -0.05) is 25.1 Å². The lowest BCUT2D eigenvalue weighted by Crippen LogP contribution is -2.50. The minimum atomic E-state index is 0.0243. The molecule has 1 heterocycles. The third kappa shape index (κ3) is 4.24. The quantitative estimate of drug-likeness (QED) is 0.909. The lowest BCUT2D eigenvalue weighted by molar-refractivity contribution is -0.133. The van der Waals surface area contributed by atoms with Crippen LogP contribution in [0, 0.1) is 0 Å². The van der Waals surface area contributed by atoms with Crippen molar-refractivity contribution < 1.29 is 14.6 Å². The minimum Gasteiger partial charge on any atom is -0.508 e. The van der Waals surface area contributed by atoms with Crippen LogP contribution in [0.1, 0.15) is 12.5 Å². The van der Waals surface area contributed by atoms with E-state index >= 15 is 0 Å². The molecule has 0 radical (unpaired) electrons. The minimum absolute atomic E-state index is 0.0243. The van der Waals surface area contributed by atoms with Crippen molar-refractivity contribution in [2.75, 3.05) is 37.7 Å². The molecular formula is C20H24N2O3. The highest BCUT2D eigenvalue weighted by atomic mass is 16.5. The van der Waals surface area contributed by atoms with Gasteiger partial charge < -0.3 is 19.6 Å². The Hall–Kier alpha value is -2.69. The molecule has 1 amide bonds. The van der Waals surface area contributed by atoms with E-state index in [2.05, 4.69) is 11.8 Å². The highest BCUT2D eigenvalue weighted by Crippen LogP contribution is 2.21. The Bertz CT molecular complexity index is 707. The topological polar surface area (TPSA) is 53.0 Å². The summed E-state index contributed by atoms with van der Waals surface area (Å²) in [4.78, 5) is 16.5. The predicted molar refractivity (Wildman–Crippen MR) is 98.2 cm³/mol. The van der Waals surface area contributed by atoms with Gasteiger partial charge in [-0.3, -0.25) is 4.79 Å². The first-order valence-electron chi connectivity index (χ1n) is 8.70. The maximum absolute atomic E-state index is 12.4. The molecule has 1 N–H and O–H groups in total. The first-order chi connectivity index (χ1) is 12.2. The summed E-state index contributed by atoms with van der Waals surface area (Å²) in [6.45, 7) is 5.07. The number of amides is 1. The number of benzene rings is 2. The van der Waals surface area contributed by atoms with E-state index in [4.69, 9.17) is 4.74 Å². The van der Waals surface area contributed by atoms with Gasteiger partial charge in [0.05, 0.1) is 0 Å². The molecule has 5 nitrogen and oxygen atoms in total. The summed E-state index contributed by atoms with van der Waals surface area (Å²) in [5.41, 5.74) is 2.19. The van der Waals surface area contributed by atoms with Crippen molar-refractivity contribution >= 4 is 11.6 Å². The van der Waals surface area contributed by atoms with Gasteiger partial charge in [0.1, 0.15) is 11.5 Å². The van der Waals surface area contributed by atoms with Crippen LogP contribution in [-0.4, -0.2) is 48.7 Å². The number of para-hydroxylation sites is 1. The van der Waals surface area contributed by atoms with Crippen molar-refractivity contribution in [1.29, 1.82) is 0 Å². The van der Waals surface area contributed by atoms with Gasteiger partial charge in [-0.15, -0.1) is 0 Å². The van der Waals surface area contributed by atoms with E-state index in [-0.39, 0.29) is 18.3 Å². The first-order valence-corrected chi connectivity index (χ1v) is 8.70. The normalized spacial score (nSPS) is 14.4. The second-order valence-electron chi connectivity index (χ2n) is 6.13. The van der Waals surface area contributed by atoms with Crippen LogP contribution in [0.25, 0.3) is 0 Å². The van der Waals surface area contributed by atoms with Crippen molar-refractivity contribution in [2.45, 2.75) is 13.3 Å². The number of aryl methyl sites for hydroxylation is 1. The Morgan fingerprint density at radius 2 is 1.72 bits per heavy atom. The number of hydrogen-bond acceptors (Lipinski definition) is 4. The molecule has 0 aliphatic carbocycles. The average Bonchev–Trinajstić information content (AvgIpc) is 2.67. The summed E-state index contributed by atoms with van der Waals surface area (Å²) in [5, 5.41) is 9.37. The van der Waals surface area contributed by atoms with E-state index in [0.29, 0.717) is 13.1 Å². The predicted octanol–water partition coefficient (Wildman–Crippen LogP) is 2.68. The second kappa shape index (κ2) is 7.92. The number of carbonyl (C=O) groups is 1. The molecule has 0 bridgehead atoms. The fourth-order valence-corrected chi connectivity index (χ4v) is 3.05. The standard InChI is InChI=1S/C20H24N2O3/c1-2-16-5-3-4-6-19(16)25-15-20(24)22-13-11-21(12-14-22)17-7-9-18(23)10-8-17/h3-10,23H,2,11-15H2,1H3. The molecule has 5 heteroatoms. The van der Waals surface area contributed by atoms with Gasteiger partial charge in [0.15, 0.2) is 6.61 Å². The van der Waals surface area contributed by atoms with Crippen LogP contribution in [0.2, 0.25) is 0 Å². The number of anilines is 1. The zero-order valence-electron chi connectivity index (χ0n) is 14.5. The number of rotatable bonds is 5. The van der Waals surface area contributed by atoms with E-state index in [9.17, 15) is 9.90 Å². The highest BCUT2D eigenvalue weighted by molar-refractivity contribution is 5.78. The van der Waals surface area contributed by atoms with E-state index in [1.54, 1.807) is 12.1 Å². The van der Waals surface area contributed by atoms with E-state index in [1.807, 2.05) is 41.3 Å². The number of phenols is 1. The van der Waals surface area contributed by atoms with Crippen molar-refractivity contribution in [2.24, 2.45) is 0 Å². The molecule has 3 rings (SSSR count). The number of phenolic OH excluding ortho intramolecular Hbond substituents is 1. The molecule has 2 aromatic rings. The average molecular weight is 340 g/mol. The van der Waals surface area contributed by atoms with Crippen molar-refractivity contribution in [1.82, 2.24) is 4.90 Å². The number of ether oxygens (including phenoxy) is 1. The van der Waals surface area contributed by atoms with Gasteiger partial charge in [0.25, 0.3) is 5.91 Å². The Labute approximate surface area is 148 Å². The van der Waals surface area contributed by atoms with Crippen LogP contribution < -0.4 is 9.64 Å². The number of piperazine rings is 1. The molecule has 0 unspecified atom stereocenters. The van der Waals surface area contributed by atoms with Crippen molar-refractivity contribution in [3.8, 4) is 11.5 Å². The highest BCUT2D eigenvalue weighted by Gasteiger charge is 2.21. The van der Waals surface area contributed by atoms with Crippen LogP contribution in [0.4, 0.5) is 5.69 Å². The Morgan fingerprint density at radius 3 is 2.40 bits per heavy atom. The summed E-state index contributed by atoms with van der Waals surface area (Å²) in [6, 6.07) is 15.0. The summed E-state index contributed by atoms with van der Waals surface area (Å²) in [5.74, 6) is 1.08. The number of nitrogens with zero attached hydrogens (tertiary/aromatic N) is 2. The fourth-order valence-electron chi connectivity index (χ4n) is 3.05.